The van der Waals surface area contributed by atoms with E-state index in [4.69, 9.17) is 9.84 Å². The summed E-state index contributed by atoms with van der Waals surface area (Å²) in [5.41, 5.74) is 0.915. The Hall–Kier alpha value is -3.15. The number of carboxylic acid groups (broad SMARTS) is 1. The monoisotopic (exact) mass is 371 g/mol. The van der Waals surface area contributed by atoms with Gasteiger partial charge in [0.2, 0.25) is 0 Å². The maximum absolute atomic E-state index is 11.6. The van der Waals surface area contributed by atoms with E-state index in [-0.39, 0.29) is 6.42 Å². The first-order chi connectivity index (χ1) is 12.7. The van der Waals surface area contributed by atoms with Crippen LogP contribution in [-0.4, -0.2) is 35.1 Å². The van der Waals surface area contributed by atoms with Gasteiger partial charge in [-0.05, 0) is 26.3 Å². The van der Waals surface area contributed by atoms with Crippen molar-refractivity contribution in [1.29, 1.82) is 0 Å². The summed E-state index contributed by atoms with van der Waals surface area (Å²) >= 11 is 0. The molecule has 0 heterocycles. The van der Waals surface area contributed by atoms with Gasteiger partial charge < -0.3 is 15.2 Å². The van der Waals surface area contributed by atoms with E-state index < -0.39 is 23.7 Å². The van der Waals surface area contributed by atoms with Crippen molar-refractivity contribution >= 4 is 18.3 Å². The molecule has 2 aromatic carbocycles. The van der Waals surface area contributed by atoms with Crippen LogP contribution in [0.5, 0.6) is 0 Å². The predicted octanol–water partition coefficient (Wildman–Crippen LogP) is 3.71. The van der Waals surface area contributed by atoms with Gasteiger partial charge in [-0.2, -0.15) is 0 Å². The highest BCUT2D eigenvalue weighted by Crippen LogP contribution is 2.08. The van der Waals surface area contributed by atoms with E-state index in [1.54, 1.807) is 32.9 Å². The molecule has 0 saturated heterocycles. The van der Waals surface area contributed by atoms with E-state index in [0.29, 0.717) is 0 Å². The third kappa shape index (κ3) is 9.79. The molecule has 0 aliphatic heterocycles. The second-order valence-electron chi connectivity index (χ2n) is 6.76. The van der Waals surface area contributed by atoms with Crippen LogP contribution in [0.25, 0.3) is 0 Å². The van der Waals surface area contributed by atoms with Crippen molar-refractivity contribution < 1.29 is 24.2 Å². The lowest BCUT2D eigenvalue weighted by atomic mass is 10.1. The molecule has 0 fully saturated rings. The number of aliphatic carboxylic acids is 1. The zero-order valence-corrected chi connectivity index (χ0v) is 15.7. The van der Waals surface area contributed by atoms with Crippen LogP contribution < -0.4 is 5.32 Å². The number of ether oxygens (including phenoxy) is 1. The van der Waals surface area contributed by atoms with Gasteiger partial charge in [0.15, 0.2) is 0 Å². The fraction of sp³-hybridized carbons (Fsp3) is 0.286. The summed E-state index contributed by atoms with van der Waals surface area (Å²) in [4.78, 5) is 32.7. The number of rotatable bonds is 5. The Balaban J connectivity index is 0.000000377. The first kappa shape index (κ1) is 21.9. The van der Waals surface area contributed by atoms with Gasteiger partial charge in [0, 0.05) is 12.0 Å². The Kier molecular flexibility index (Phi) is 8.72. The summed E-state index contributed by atoms with van der Waals surface area (Å²) < 4.78 is 5.04. The Morgan fingerprint density at radius 2 is 1.56 bits per heavy atom. The molecule has 0 bridgehead atoms. The van der Waals surface area contributed by atoms with Crippen LogP contribution in [0.4, 0.5) is 4.79 Å². The molecule has 2 aromatic rings. The molecule has 2 rings (SSSR count). The first-order valence-electron chi connectivity index (χ1n) is 8.47. The van der Waals surface area contributed by atoms with Crippen LogP contribution in [-0.2, 0) is 16.0 Å². The van der Waals surface area contributed by atoms with Crippen LogP contribution in [0.3, 0.4) is 0 Å². The van der Waals surface area contributed by atoms with E-state index in [2.05, 4.69) is 5.32 Å². The molecule has 6 heteroatoms. The van der Waals surface area contributed by atoms with Gasteiger partial charge >= 0.3 is 12.1 Å². The van der Waals surface area contributed by atoms with Gasteiger partial charge in [-0.25, -0.2) is 9.59 Å². The predicted molar refractivity (Wildman–Crippen MR) is 103 cm³/mol. The SMILES string of the molecule is CC(C)(C)OC(=O)N[C@H](Cc1ccccc1)C(=O)O.O=Cc1ccccc1. The van der Waals surface area contributed by atoms with Gasteiger partial charge in [0.1, 0.15) is 17.9 Å². The summed E-state index contributed by atoms with van der Waals surface area (Å²) in [6.45, 7) is 5.17. The second kappa shape index (κ2) is 10.8. The minimum atomic E-state index is -1.09. The highest BCUT2D eigenvalue weighted by molar-refractivity contribution is 5.80. The largest absolute Gasteiger partial charge is 0.480 e. The number of carbonyl (C=O) groups is 3. The molecule has 1 atom stereocenters. The van der Waals surface area contributed by atoms with Crippen LogP contribution in [0.15, 0.2) is 60.7 Å². The van der Waals surface area contributed by atoms with Crippen LogP contribution >= 0.6 is 0 Å². The lowest BCUT2D eigenvalue weighted by Crippen LogP contribution is -2.44. The molecule has 0 saturated carbocycles. The average Bonchev–Trinajstić information content (AvgIpc) is 2.61. The number of aldehydes is 1. The topological polar surface area (TPSA) is 92.7 Å². The van der Waals surface area contributed by atoms with Gasteiger partial charge in [-0.3, -0.25) is 4.79 Å². The number of nitrogens with one attached hydrogen (secondary N) is 1. The lowest BCUT2D eigenvalue weighted by Gasteiger charge is -2.22. The summed E-state index contributed by atoms with van der Waals surface area (Å²) in [6.07, 6.45) is 0.325. The first-order valence-corrected chi connectivity index (χ1v) is 8.47. The molecule has 0 aromatic heterocycles. The number of amides is 1. The number of hydrogen-bond donors (Lipinski definition) is 2. The molecule has 0 spiro atoms. The number of alkyl carbamates (subject to hydrolysis) is 1. The molecule has 0 unspecified atom stereocenters. The van der Waals surface area contributed by atoms with Gasteiger partial charge in [0.05, 0.1) is 0 Å². The van der Waals surface area contributed by atoms with Crippen LogP contribution in [0, 0.1) is 0 Å². The van der Waals surface area contributed by atoms with E-state index in [9.17, 15) is 14.4 Å². The quantitative estimate of drug-likeness (QED) is 0.782. The zero-order chi connectivity index (χ0) is 20.3. The number of hydrogen-bond acceptors (Lipinski definition) is 4. The summed E-state index contributed by atoms with van der Waals surface area (Å²) in [5, 5.41) is 11.5. The standard InChI is InChI=1S/C14H19NO4.C7H6O/c1-14(2,3)19-13(18)15-11(12(16)17)9-10-7-5-4-6-8-10;8-6-7-4-2-1-3-5-7/h4-8,11H,9H2,1-3H3,(H,15,18)(H,16,17);1-6H/t11-;/m1./s1. The fourth-order valence-electron chi connectivity index (χ4n) is 2.03. The van der Waals surface area contributed by atoms with Crippen molar-refractivity contribution in [3.05, 3.63) is 71.8 Å². The highest BCUT2D eigenvalue weighted by atomic mass is 16.6. The normalized spacial score (nSPS) is 11.4. The maximum atomic E-state index is 11.6. The molecule has 0 aliphatic rings. The van der Waals surface area contributed by atoms with Crippen molar-refractivity contribution in [2.75, 3.05) is 0 Å². The van der Waals surface area contributed by atoms with E-state index in [0.717, 1.165) is 17.4 Å². The Morgan fingerprint density at radius 3 is 1.96 bits per heavy atom. The molecule has 6 nitrogen and oxygen atoms in total. The van der Waals surface area contributed by atoms with Gasteiger partial charge in [-0.15, -0.1) is 0 Å². The number of carboxylic acids is 1. The Bertz CT molecular complexity index is 723. The van der Waals surface area contributed by atoms with Crippen molar-refractivity contribution in [2.24, 2.45) is 0 Å². The average molecular weight is 371 g/mol. The van der Waals surface area contributed by atoms with E-state index in [1.807, 2.05) is 48.5 Å². The Labute approximate surface area is 159 Å². The summed E-state index contributed by atoms with van der Waals surface area (Å²) in [7, 11) is 0. The third-order valence-corrected chi connectivity index (χ3v) is 3.21. The van der Waals surface area contributed by atoms with Crippen molar-refractivity contribution in [1.82, 2.24) is 5.32 Å². The number of carbonyl (C=O) groups excluding carboxylic acids is 2. The van der Waals surface area contributed by atoms with Crippen molar-refractivity contribution in [3.63, 3.8) is 0 Å². The van der Waals surface area contributed by atoms with E-state index in [1.165, 1.54) is 0 Å². The van der Waals surface area contributed by atoms with Crippen molar-refractivity contribution in [2.45, 2.75) is 38.8 Å². The van der Waals surface area contributed by atoms with Crippen LogP contribution in [0.1, 0.15) is 36.7 Å². The molecule has 2 N–H and O–H groups in total. The smallest absolute Gasteiger partial charge is 0.408 e. The lowest BCUT2D eigenvalue weighted by molar-refractivity contribution is -0.139. The fourth-order valence-corrected chi connectivity index (χ4v) is 2.03. The van der Waals surface area contributed by atoms with Gasteiger partial charge in [0.25, 0.3) is 0 Å². The molecule has 144 valence electrons. The molecule has 0 aliphatic carbocycles. The summed E-state index contributed by atoms with van der Waals surface area (Å²) in [6, 6.07) is 17.2. The zero-order valence-electron chi connectivity index (χ0n) is 15.7. The van der Waals surface area contributed by atoms with E-state index >= 15 is 0 Å². The second-order valence-corrected chi connectivity index (χ2v) is 6.76. The minimum Gasteiger partial charge on any atom is -0.480 e. The highest BCUT2D eigenvalue weighted by Gasteiger charge is 2.24. The molecule has 1 amide bonds. The third-order valence-electron chi connectivity index (χ3n) is 3.21. The maximum Gasteiger partial charge on any atom is 0.408 e. The molecular formula is C21H25NO5. The van der Waals surface area contributed by atoms with Gasteiger partial charge in [-0.1, -0.05) is 60.7 Å². The van der Waals surface area contributed by atoms with Crippen LogP contribution in [0.2, 0.25) is 0 Å². The van der Waals surface area contributed by atoms with Crippen molar-refractivity contribution in [3.8, 4) is 0 Å². The minimum absolute atomic E-state index is 0.218. The molecule has 27 heavy (non-hydrogen) atoms. The molecular weight excluding hydrogens is 346 g/mol. The number of benzene rings is 2. The Morgan fingerprint density at radius 1 is 1.04 bits per heavy atom. The summed E-state index contributed by atoms with van der Waals surface area (Å²) in [5.74, 6) is -1.09. The molecule has 0 radical (unpaired) electrons.